The summed E-state index contributed by atoms with van der Waals surface area (Å²) in [5.74, 6) is -0.495. The van der Waals surface area contributed by atoms with E-state index in [9.17, 15) is 9.59 Å². The topological polar surface area (TPSA) is 55.8 Å². The second-order valence-electron chi connectivity index (χ2n) is 4.76. The third-order valence-corrected chi connectivity index (χ3v) is 3.31. The summed E-state index contributed by atoms with van der Waals surface area (Å²) in [5, 5.41) is 0.643. The number of hydrogen-bond acceptors (Lipinski definition) is 4. The van der Waals surface area contributed by atoms with Crippen molar-refractivity contribution in [1.29, 1.82) is 0 Å². The molecule has 0 aliphatic carbocycles. The molecule has 0 radical (unpaired) electrons. The number of halogens is 1. The molecule has 0 bridgehead atoms. The van der Waals surface area contributed by atoms with Crippen LogP contribution in [0, 0.1) is 0 Å². The molecule has 0 fully saturated rings. The van der Waals surface area contributed by atoms with E-state index < -0.39 is 0 Å². The number of benzene rings is 1. The van der Waals surface area contributed by atoms with Crippen molar-refractivity contribution in [3.8, 4) is 0 Å². The van der Waals surface area contributed by atoms with Gasteiger partial charge in [0, 0.05) is 31.3 Å². The smallest absolute Gasteiger partial charge is 0.307 e. The van der Waals surface area contributed by atoms with Crippen molar-refractivity contribution in [2.24, 2.45) is 0 Å². The van der Waals surface area contributed by atoms with Crippen LogP contribution in [0.1, 0.15) is 18.9 Å². The lowest BCUT2D eigenvalue weighted by molar-refractivity contribution is -0.143. The SMILES string of the molecule is CCOC(=O)CCN(CCOC)C(=O)/C=C/c1ccc(Cl)cc1. The monoisotopic (exact) mass is 339 g/mol. The van der Waals surface area contributed by atoms with Gasteiger partial charge < -0.3 is 14.4 Å². The zero-order valence-corrected chi connectivity index (χ0v) is 14.2. The van der Waals surface area contributed by atoms with Crippen LogP contribution in [0.15, 0.2) is 30.3 Å². The Morgan fingerprint density at radius 1 is 1.22 bits per heavy atom. The highest BCUT2D eigenvalue weighted by molar-refractivity contribution is 6.30. The number of amides is 1. The Hall–Kier alpha value is -1.85. The molecule has 1 aromatic rings. The highest BCUT2D eigenvalue weighted by Gasteiger charge is 2.13. The molecule has 0 saturated heterocycles. The molecule has 0 saturated carbocycles. The molecule has 1 aromatic carbocycles. The van der Waals surface area contributed by atoms with Crippen LogP contribution in [0.2, 0.25) is 5.02 Å². The Labute approximate surface area is 141 Å². The molecule has 1 rings (SSSR count). The van der Waals surface area contributed by atoms with Gasteiger partial charge in [0.15, 0.2) is 0 Å². The van der Waals surface area contributed by atoms with E-state index in [1.54, 1.807) is 37.1 Å². The summed E-state index contributed by atoms with van der Waals surface area (Å²) in [6.07, 6.45) is 3.35. The molecule has 0 spiro atoms. The Kier molecular flexibility index (Phi) is 9.02. The molecule has 0 heterocycles. The molecule has 0 aliphatic heterocycles. The van der Waals surface area contributed by atoms with Gasteiger partial charge in [-0.2, -0.15) is 0 Å². The number of rotatable bonds is 9. The number of hydrogen-bond donors (Lipinski definition) is 0. The average Bonchev–Trinajstić information content (AvgIpc) is 2.54. The van der Waals surface area contributed by atoms with Gasteiger partial charge in [-0.25, -0.2) is 0 Å². The minimum absolute atomic E-state index is 0.165. The summed E-state index contributed by atoms with van der Waals surface area (Å²) in [6, 6.07) is 7.17. The molecular weight excluding hydrogens is 318 g/mol. The first kappa shape index (κ1) is 19.2. The summed E-state index contributed by atoms with van der Waals surface area (Å²) in [4.78, 5) is 25.3. The lowest BCUT2D eigenvalue weighted by Crippen LogP contribution is -2.34. The van der Waals surface area contributed by atoms with Crippen LogP contribution in [0.3, 0.4) is 0 Å². The van der Waals surface area contributed by atoms with Gasteiger partial charge >= 0.3 is 5.97 Å². The zero-order chi connectivity index (χ0) is 17.1. The van der Waals surface area contributed by atoms with Crippen molar-refractivity contribution in [2.75, 3.05) is 33.4 Å². The molecule has 0 aliphatic rings. The molecular formula is C17H22ClNO4. The van der Waals surface area contributed by atoms with Crippen molar-refractivity contribution in [3.05, 3.63) is 40.9 Å². The van der Waals surface area contributed by atoms with E-state index in [1.807, 2.05) is 12.1 Å². The Bertz CT molecular complexity index is 528. The Balaban J connectivity index is 2.62. The third-order valence-electron chi connectivity index (χ3n) is 3.06. The number of carbonyl (C=O) groups is 2. The van der Waals surface area contributed by atoms with Gasteiger partial charge in [0.1, 0.15) is 0 Å². The summed E-state index contributed by atoms with van der Waals surface area (Å²) in [6.45, 7) is 3.21. The molecule has 126 valence electrons. The maximum atomic E-state index is 12.3. The van der Waals surface area contributed by atoms with E-state index in [2.05, 4.69) is 0 Å². The van der Waals surface area contributed by atoms with E-state index in [-0.39, 0.29) is 18.3 Å². The first-order valence-corrected chi connectivity index (χ1v) is 7.81. The van der Waals surface area contributed by atoms with Crippen molar-refractivity contribution in [2.45, 2.75) is 13.3 Å². The largest absolute Gasteiger partial charge is 0.466 e. The van der Waals surface area contributed by atoms with Crippen molar-refractivity contribution < 1.29 is 19.1 Å². The van der Waals surface area contributed by atoms with E-state index in [4.69, 9.17) is 21.1 Å². The first-order chi connectivity index (χ1) is 11.1. The van der Waals surface area contributed by atoms with Gasteiger partial charge in [0.05, 0.1) is 19.6 Å². The molecule has 0 atom stereocenters. The van der Waals surface area contributed by atoms with Crippen molar-refractivity contribution in [3.63, 3.8) is 0 Å². The molecule has 0 unspecified atom stereocenters. The van der Waals surface area contributed by atoms with Crippen LogP contribution < -0.4 is 0 Å². The predicted octanol–water partition coefficient (Wildman–Crippen LogP) is 2.78. The van der Waals surface area contributed by atoms with E-state index in [1.165, 1.54) is 6.08 Å². The van der Waals surface area contributed by atoms with Crippen LogP contribution in [0.4, 0.5) is 0 Å². The van der Waals surface area contributed by atoms with Crippen LogP contribution in [-0.4, -0.2) is 50.2 Å². The first-order valence-electron chi connectivity index (χ1n) is 7.44. The van der Waals surface area contributed by atoms with Gasteiger partial charge in [-0.15, -0.1) is 0 Å². The minimum atomic E-state index is -0.315. The molecule has 0 N–H and O–H groups in total. The zero-order valence-electron chi connectivity index (χ0n) is 13.5. The summed E-state index contributed by atoms with van der Waals surface area (Å²) < 4.78 is 9.88. The summed E-state index contributed by atoms with van der Waals surface area (Å²) in [5.41, 5.74) is 0.875. The average molecular weight is 340 g/mol. The molecule has 5 nitrogen and oxygen atoms in total. The van der Waals surface area contributed by atoms with Gasteiger partial charge in [0.2, 0.25) is 5.91 Å². The van der Waals surface area contributed by atoms with Crippen LogP contribution >= 0.6 is 11.6 Å². The van der Waals surface area contributed by atoms with Gasteiger partial charge in [-0.3, -0.25) is 9.59 Å². The maximum Gasteiger partial charge on any atom is 0.307 e. The van der Waals surface area contributed by atoms with E-state index in [0.717, 1.165) is 5.56 Å². The molecule has 23 heavy (non-hydrogen) atoms. The highest BCUT2D eigenvalue weighted by Crippen LogP contribution is 2.11. The van der Waals surface area contributed by atoms with Crippen molar-refractivity contribution >= 4 is 29.6 Å². The standard InChI is InChI=1S/C17H22ClNO4/c1-3-23-17(21)10-11-19(12-13-22-2)16(20)9-6-14-4-7-15(18)8-5-14/h4-9H,3,10-13H2,1-2H3/b9-6+. The molecule has 1 amide bonds. The van der Waals surface area contributed by atoms with Crippen LogP contribution in [0.25, 0.3) is 6.08 Å². The number of nitrogens with zero attached hydrogens (tertiary/aromatic N) is 1. The lowest BCUT2D eigenvalue weighted by atomic mass is 10.2. The lowest BCUT2D eigenvalue weighted by Gasteiger charge is -2.20. The van der Waals surface area contributed by atoms with Gasteiger partial charge in [-0.05, 0) is 30.7 Å². The highest BCUT2D eigenvalue weighted by atomic mass is 35.5. The van der Waals surface area contributed by atoms with Crippen LogP contribution in [-0.2, 0) is 19.1 Å². The van der Waals surface area contributed by atoms with Gasteiger partial charge in [0.25, 0.3) is 0 Å². The molecule has 6 heteroatoms. The number of methoxy groups -OCH3 is 1. The number of ether oxygens (including phenoxy) is 2. The second kappa shape index (κ2) is 10.8. The van der Waals surface area contributed by atoms with Gasteiger partial charge in [-0.1, -0.05) is 23.7 Å². The fourth-order valence-corrected chi connectivity index (χ4v) is 1.97. The predicted molar refractivity (Wildman–Crippen MR) is 90.2 cm³/mol. The fraction of sp³-hybridized carbons (Fsp3) is 0.412. The second-order valence-corrected chi connectivity index (χ2v) is 5.19. The fourth-order valence-electron chi connectivity index (χ4n) is 1.84. The molecule has 0 aromatic heterocycles. The third kappa shape index (κ3) is 7.81. The normalized spacial score (nSPS) is 10.7. The maximum absolute atomic E-state index is 12.3. The quantitative estimate of drug-likeness (QED) is 0.513. The van der Waals surface area contributed by atoms with E-state index >= 15 is 0 Å². The Morgan fingerprint density at radius 3 is 2.52 bits per heavy atom. The summed E-state index contributed by atoms with van der Waals surface area (Å²) >= 11 is 5.82. The summed E-state index contributed by atoms with van der Waals surface area (Å²) in [7, 11) is 1.57. The van der Waals surface area contributed by atoms with Crippen molar-refractivity contribution in [1.82, 2.24) is 4.90 Å². The van der Waals surface area contributed by atoms with E-state index in [0.29, 0.717) is 31.3 Å². The number of esters is 1. The Morgan fingerprint density at radius 2 is 1.91 bits per heavy atom. The number of carbonyl (C=O) groups excluding carboxylic acids is 2. The minimum Gasteiger partial charge on any atom is -0.466 e. The van der Waals surface area contributed by atoms with Crippen LogP contribution in [0.5, 0.6) is 0 Å².